The third kappa shape index (κ3) is 2.21. The summed E-state index contributed by atoms with van der Waals surface area (Å²) in [5.74, 6) is -1.51. The Bertz CT molecular complexity index is 915. The molecule has 2 N–H and O–H groups in total. The van der Waals surface area contributed by atoms with E-state index in [4.69, 9.17) is 4.84 Å². The van der Waals surface area contributed by atoms with Crippen LogP contribution in [0.5, 0.6) is 0 Å². The molecule has 7 heteroatoms. The lowest BCUT2D eigenvalue weighted by molar-refractivity contribution is -0.146. The van der Waals surface area contributed by atoms with Gasteiger partial charge in [-0.05, 0) is 12.5 Å². The van der Waals surface area contributed by atoms with Gasteiger partial charge in [-0.2, -0.15) is 0 Å². The number of nitrogens with one attached hydrogen (secondary N) is 2. The number of carbonyl (C=O) groups is 3. The molecule has 1 spiro atoms. The molecule has 4 rings (SSSR count). The summed E-state index contributed by atoms with van der Waals surface area (Å²) < 4.78 is 0. The highest BCUT2D eigenvalue weighted by atomic mass is 16.6. The maximum absolute atomic E-state index is 12.9. The summed E-state index contributed by atoms with van der Waals surface area (Å²) in [6.45, 7) is 1.93. The number of hydrogen-bond acceptors (Lipinski definition) is 5. The fourth-order valence-electron chi connectivity index (χ4n) is 3.30. The van der Waals surface area contributed by atoms with Gasteiger partial charge >= 0.3 is 6.03 Å². The van der Waals surface area contributed by atoms with Crippen molar-refractivity contribution in [2.75, 3.05) is 0 Å². The van der Waals surface area contributed by atoms with E-state index in [1.807, 2.05) is 25.1 Å². The maximum atomic E-state index is 12.9. The zero-order chi connectivity index (χ0) is 18.3. The molecular formula is C19H15N3O4. The van der Waals surface area contributed by atoms with Gasteiger partial charge < -0.3 is 4.84 Å². The average Bonchev–Trinajstić information content (AvgIpc) is 3.03. The third-order valence-electron chi connectivity index (χ3n) is 4.61. The number of benzene rings is 2. The molecule has 1 fully saturated rings. The topological polar surface area (TPSA) is 96.9 Å². The highest BCUT2D eigenvalue weighted by Crippen LogP contribution is 2.46. The molecule has 1 atom stereocenters. The second-order valence-electron chi connectivity index (χ2n) is 6.25. The summed E-state index contributed by atoms with van der Waals surface area (Å²) in [5.41, 5.74) is 0.598. The second kappa shape index (κ2) is 5.80. The van der Waals surface area contributed by atoms with Gasteiger partial charge in [0, 0.05) is 5.56 Å². The number of urea groups is 1. The van der Waals surface area contributed by atoms with Crippen LogP contribution in [0.1, 0.15) is 22.8 Å². The van der Waals surface area contributed by atoms with Crippen molar-refractivity contribution < 1.29 is 19.2 Å². The zero-order valence-corrected chi connectivity index (χ0v) is 13.9. The molecule has 1 unspecified atom stereocenters. The van der Waals surface area contributed by atoms with E-state index in [-0.39, 0.29) is 5.71 Å². The number of aryl methyl sites for hydroxylation is 1. The molecule has 0 bridgehead atoms. The molecule has 0 aromatic heterocycles. The van der Waals surface area contributed by atoms with E-state index < -0.39 is 29.4 Å². The quantitative estimate of drug-likeness (QED) is 0.808. The fraction of sp³-hybridized carbons (Fsp3) is 0.158. The highest BCUT2D eigenvalue weighted by molar-refractivity contribution is 6.36. The number of amides is 4. The van der Waals surface area contributed by atoms with Crippen LogP contribution in [0.25, 0.3) is 0 Å². The zero-order valence-electron chi connectivity index (χ0n) is 13.9. The fourth-order valence-corrected chi connectivity index (χ4v) is 3.30. The number of nitrogens with zero attached hydrogens (tertiary/aromatic N) is 1. The number of carbonyl (C=O) groups excluding carboxylic acids is 3. The first-order chi connectivity index (χ1) is 12.5. The Morgan fingerprint density at radius 1 is 0.923 bits per heavy atom. The highest BCUT2D eigenvalue weighted by Gasteiger charge is 2.65. The van der Waals surface area contributed by atoms with E-state index in [2.05, 4.69) is 15.8 Å². The predicted octanol–water partition coefficient (Wildman–Crippen LogP) is 1.82. The second-order valence-corrected chi connectivity index (χ2v) is 6.25. The number of oxime groups is 1. The summed E-state index contributed by atoms with van der Waals surface area (Å²) in [7, 11) is 0. The lowest BCUT2D eigenvalue weighted by atomic mass is 9.70. The third-order valence-corrected chi connectivity index (χ3v) is 4.61. The summed E-state index contributed by atoms with van der Waals surface area (Å²) in [4.78, 5) is 43.0. The molecule has 7 nitrogen and oxygen atoms in total. The first-order valence-electron chi connectivity index (χ1n) is 8.06. The Labute approximate surface area is 149 Å². The Morgan fingerprint density at radius 3 is 2.15 bits per heavy atom. The number of hydrogen-bond donors (Lipinski definition) is 2. The van der Waals surface area contributed by atoms with Gasteiger partial charge in [-0.3, -0.25) is 20.2 Å². The SMILES string of the molecule is Cc1ccc(C2ON=C(c3ccccc3)C23C(=O)NC(=O)NC3=O)cc1. The van der Waals surface area contributed by atoms with Crippen molar-refractivity contribution >= 4 is 23.6 Å². The van der Waals surface area contributed by atoms with Crippen molar-refractivity contribution in [3.8, 4) is 0 Å². The van der Waals surface area contributed by atoms with Crippen molar-refractivity contribution in [1.29, 1.82) is 0 Å². The average molecular weight is 349 g/mol. The van der Waals surface area contributed by atoms with Gasteiger partial charge in [0.25, 0.3) is 11.8 Å². The van der Waals surface area contributed by atoms with Crippen LogP contribution in [-0.4, -0.2) is 23.6 Å². The first-order valence-corrected chi connectivity index (χ1v) is 8.06. The molecule has 2 aromatic rings. The molecule has 1 saturated heterocycles. The van der Waals surface area contributed by atoms with Crippen LogP contribution in [0.4, 0.5) is 4.79 Å². The molecule has 2 heterocycles. The normalized spacial score (nSPS) is 21.0. The Kier molecular flexibility index (Phi) is 3.57. The summed E-state index contributed by atoms with van der Waals surface area (Å²) >= 11 is 0. The van der Waals surface area contributed by atoms with Crippen LogP contribution in [0.3, 0.4) is 0 Å². The summed E-state index contributed by atoms with van der Waals surface area (Å²) in [5, 5.41) is 8.44. The molecule has 4 amide bonds. The van der Waals surface area contributed by atoms with Crippen molar-refractivity contribution in [1.82, 2.24) is 10.6 Å². The Hall–Kier alpha value is -3.48. The van der Waals surface area contributed by atoms with E-state index in [1.165, 1.54) is 0 Å². The maximum Gasteiger partial charge on any atom is 0.328 e. The van der Waals surface area contributed by atoms with Crippen LogP contribution in [0.15, 0.2) is 59.8 Å². The molecule has 0 aliphatic carbocycles. The molecular weight excluding hydrogens is 334 g/mol. The molecule has 2 aliphatic rings. The van der Waals surface area contributed by atoms with Gasteiger partial charge in [-0.25, -0.2) is 4.79 Å². The minimum Gasteiger partial charge on any atom is -0.385 e. The van der Waals surface area contributed by atoms with E-state index in [0.29, 0.717) is 11.1 Å². The first kappa shape index (κ1) is 16.0. The van der Waals surface area contributed by atoms with Gasteiger partial charge in [0.1, 0.15) is 5.71 Å². The van der Waals surface area contributed by atoms with Crippen LogP contribution >= 0.6 is 0 Å². The molecule has 2 aromatic carbocycles. The number of rotatable bonds is 2. The Balaban J connectivity index is 1.89. The number of imide groups is 2. The van der Waals surface area contributed by atoms with Crippen molar-refractivity contribution in [2.24, 2.45) is 10.6 Å². The van der Waals surface area contributed by atoms with Gasteiger partial charge in [-0.1, -0.05) is 65.3 Å². The molecule has 26 heavy (non-hydrogen) atoms. The van der Waals surface area contributed by atoms with E-state index in [0.717, 1.165) is 5.56 Å². The van der Waals surface area contributed by atoms with E-state index in [1.54, 1.807) is 36.4 Å². The van der Waals surface area contributed by atoms with Crippen LogP contribution < -0.4 is 10.6 Å². The monoisotopic (exact) mass is 349 g/mol. The van der Waals surface area contributed by atoms with Gasteiger partial charge in [0.2, 0.25) is 5.41 Å². The van der Waals surface area contributed by atoms with Crippen molar-refractivity contribution in [3.63, 3.8) is 0 Å². The Morgan fingerprint density at radius 2 is 1.54 bits per heavy atom. The summed E-state index contributed by atoms with van der Waals surface area (Å²) in [6.07, 6.45) is -0.980. The van der Waals surface area contributed by atoms with Crippen LogP contribution in [-0.2, 0) is 14.4 Å². The number of barbiturate groups is 1. The largest absolute Gasteiger partial charge is 0.385 e. The van der Waals surface area contributed by atoms with Crippen molar-refractivity contribution in [3.05, 3.63) is 71.3 Å². The van der Waals surface area contributed by atoms with Gasteiger partial charge in [-0.15, -0.1) is 0 Å². The van der Waals surface area contributed by atoms with Crippen molar-refractivity contribution in [2.45, 2.75) is 13.0 Å². The van der Waals surface area contributed by atoms with E-state index in [9.17, 15) is 14.4 Å². The molecule has 0 saturated carbocycles. The summed E-state index contributed by atoms with van der Waals surface area (Å²) in [6, 6.07) is 15.2. The predicted molar refractivity (Wildman–Crippen MR) is 92.1 cm³/mol. The standard InChI is InChI=1S/C19H15N3O4/c1-11-7-9-13(10-8-11)15-19(16(23)20-18(25)21-17(19)24)14(22-26-15)12-5-3-2-4-6-12/h2-10,15H,1H3,(H2,20,21,23,24,25). The minimum absolute atomic E-state index is 0.172. The van der Waals surface area contributed by atoms with Gasteiger partial charge in [0.05, 0.1) is 0 Å². The minimum atomic E-state index is -1.79. The van der Waals surface area contributed by atoms with E-state index >= 15 is 0 Å². The van der Waals surface area contributed by atoms with Crippen LogP contribution in [0, 0.1) is 12.3 Å². The lowest BCUT2D eigenvalue weighted by Gasteiger charge is -2.34. The molecule has 2 aliphatic heterocycles. The smallest absolute Gasteiger partial charge is 0.328 e. The lowest BCUT2D eigenvalue weighted by Crippen LogP contribution is -2.66. The van der Waals surface area contributed by atoms with Crippen LogP contribution in [0.2, 0.25) is 0 Å². The van der Waals surface area contributed by atoms with Gasteiger partial charge in [0.15, 0.2) is 6.10 Å². The molecule has 130 valence electrons. The molecule has 0 radical (unpaired) electrons.